The number of rotatable bonds is 5. The molecule has 0 amide bonds. The molecule has 138 valence electrons. The standard InChI is InChI=1S/C21H19NO4S/c1-27(25,26)22(13-14-5-7-17(8-6-14)21(23)24)19-12-11-16-10-9-15-3-2-4-18(19)20(15)16/h2-8,11-12H,9-10,13H2,1H3,(H,23,24). The van der Waals surface area contributed by atoms with Crippen LogP contribution in [0.3, 0.4) is 0 Å². The number of anilines is 1. The highest BCUT2D eigenvalue weighted by Crippen LogP contribution is 2.37. The number of benzene rings is 3. The molecule has 0 aliphatic heterocycles. The van der Waals surface area contributed by atoms with E-state index >= 15 is 0 Å². The van der Waals surface area contributed by atoms with Crippen LogP contribution in [0.1, 0.15) is 27.0 Å². The number of aromatic carboxylic acids is 1. The van der Waals surface area contributed by atoms with E-state index < -0.39 is 16.0 Å². The maximum absolute atomic E-state index is 12.6. The van der Waals surface area contributed by atoms with E-state index in [9.17, 15) is 13.2 Å². The molecule has 0 fully saturated rings. The lowest BCUT2D eigenvalue weighted by molar-refractivity contribution is 0.0697. The second kappa shape index (κ2) is 6.39. The van der Waals surface area contributed by atoms with Crippen molar-refractivity contribution in [2.24, 2.45) is 0 Å². The van der Waals surface area contributed by atoms with Gasteiger partial charge in [-0.25, -0.2) is 13.2 Å². The fourth-order valence-corrected chi connectivity index (χ4v) is 4.65. The van der Waals surface area contributed by atoms with Crippen molar-refractivity contribution in [3.8, 4) is 0 Å². The highest BCUT2D eigenvalue weighted by molar-refractivity contribution is 7.92. The number of nitrogens with zero attached hydrogens (tertiary/aromatic N) is 1. The first-order valence-electron chi connectivity index (χ1n) is 8.68. The van der Waals surface area contributed by atoms with Gasteiger partial charge < -0.3 is 5.11 Å². The van der Waals surface area contributed by atoms with Gasteiger partial charge in [-0.2, -0.15) is 0 Å². The molecule has 4 rings (SSSR count). The highest BCUT2D eigenvalue weighted by Gasteiger charge is 2.23. The number of hydrogen-bond acceptors (Lipinski definition) is 3. The van der Waals surface area contributed by atoms with Gasteiger partial charge in [0.05, 0.1) is 24.1 Å². The third kappa shape index (κ3) is 3.17. The third-order valence-electron chi connectivity index (χ3n) is 5.05. The molecule has 1 aliphatic carbocycles. The van der Waals surface area contributed by atoms with E-state index in [-0.39, 0.29) is 12.1 Å². The Bertz CT molecular complexity index is 1140. The molecule has 0 spiro atoms. The minimum absolute atomic E-state index is 0.150. The second-order valence-electron chi connectivity index (χ2n) is 6.86. The molecule has 0 atom stereocenters. The predicted octanol–water partition coefficient (Wildman–Crippen LogP) is 3.60. The van der Waals surface area contributed by atoms with E-state index in [0.717, 1.165) is 29.2 Å². The summed E-state index contributed by atoms with van der Waals surface area (Å²) in [5.74, 6) is -1.01. The lowest BCUT2D eigenvalue weighted by Gasteiger charge is -2.24. The summed E-state index contributed by atoms with van der Waals surface area (Å²) in [7, 11) is -3.52. The van der Waals surface area contributed by atoms with Gasteiger partial charge in [-0.15, -0.1) is 0 Å². The average molecular weight is 381 g/mol. The van der Waals surface area contributed by atoms with Gasteiger partial charge in [0, 0.05) is 5.39 Å². The molecule has 0 saturated heterocycles. The summed E-state index contributed by atoms with van der Waals surface area (Å²) in [6.07, 6.45) is 3.15. The third-order valence-corrected chi connectivity index (χ3v) is 6.18. The molecular formula is C21H19NO4S. The van der Waals surface area contributed by atoms with Gasteiger partial charge in [-0.05, 0) is 53.1 Å². The van der Waals surface area contributed by atoms with Crippen molar-refractivity contribution in [3.63, 3.8) is 0 Å². The van der Waals surface area contributed by atoms with E-state index in [1.165, 1.54) is 33.8 Å². The number of carbonyl (C=O) groups is 1. The summed E-state index contributed by atoms with van der Waals surface area (Å²) in [5.41, 5.74) is 4.07. The van der Waals surface area contributed by atoms with Crippen LogP contribution < -0.4 is 4.31 Å². The molecular weight excluding hydrogens is 362 g/mol. The average Bonchev–Trinajstić information content (AvgIpc) is 3.05. The molecule has 0 radical (unpaired) electrons. The van der Waals surface area contributed by atoms with E-state index in [2.05, 4.69) is 6.07 Å². The fraction of sp³-hybridized carbons (Fsp3) is 0.190. The Morgan fingerprint density at radius 1 is 1.00 bits per heavy atom. The van der Waals surface area contributed by atoms with E-state index in [1.807, 2.05) is 24.3 Å². The summed E-state index contributed by atoms with van der Waals surface area (Å²) < 4.78 is 26.5. The molecule has 0 bridgehead atoms. The number of carboxylic acid groups (broad SMARTS) is 1. The quantitative estimate of drug-likeness (QED) is 0.733. The molecule has 1 N–H and O–H groups in total. The van der Waals surface area contributed by atoms with E-state index in [0.29, 0.717) is 5.69 Å². The van der Waals surface area contributed by atoms with Crippen LogP contribution in [-0.4, -0.2) is 25.7 Å². The topological polar surface area (TPSA) is 74.7 Å². The summed E-state index contributed by atoms with van der Waals surface area (Å²) in [5, 5.41) is 11.1. The summed E-state index contributed by atoms with van der Waals surface area (Å²) in [6, 6.07) is 16.2. The van der Waals surface area contributed by atoms with Crippen LogP contribution in [0, 0.1) is 0 Å². The van der Waals surface area contributed by atoms with Gasteiger partial charge in [0.2, 0.25) is 10.0 Å². The van der Waals surface area contributed by atoms with Crippen molar-refractivity contribution in [3.05, 3.63) is 76.9 Å². The molecule has 0 heterocycles. The minimum Gasteiger partial charge on any atom is -0.478 e. The zero-order valence-corrected chi connectivity index (χ0v) is 15.7. The summed E-state index contributed by atoms with van der Waals surface area (Å²) >= 11 is 0. The van der Waals surface area contributed by atoms with Crippen LogP contribution in [0.15, 0.2) is 54.6 Å². The Labute approximate surface area is 157 Å². The number of sulfonamides is 1. The largest absolute Gasteiger partial charge is 0.478 e. The lowest BCUT2D eigenvalue weighted by atomic mass is 10.0. The van der Waals surface area contributed by atoms with Gasteiger partial charge in [0.25, 0.3) is 0 Å². The van der Waals surface area contributed by atoms with Crippen LogP contribution in [0.25, 0.3) is 10.8 Å². The summed E-state index contributed by atoms with van der Waals surface area (Å²) in [6.45, 7) is 0.150. The first-order chi connectivity index (χ1) is 12.8. The molecule has 5 nitrogen and oxygen atoms in total. The molecule has 1 aliphatic rings. The molecule has 27 heavy (non-hydrogen) atoms. The SMILES string of the molecule is CS(=O)(=O)N(Cc1ccc(C(=O)O)cc1)c1ccc2c3c(cccc13)CC2. The Hall–Kier alpha value is -2.86. The van der Waals surface area contributed by atoms with Gasteiger partial charge in [0.15, 0.2) is 0 Å². The van der Waals surface area contributed by atoms with Crippen LogP contribution in [0.2, 0.25) is 0 Å². The van der Waals surface area contributed by atoms with Crippen LogP contribution in [-0.2, 0) is 29.4 Å². The smallest absolute Gasteiger partial charge is 0.335 e. The maximum atomic E-state index is 12.6. The Balaban J connectivity index is 1.81. The monoisotopic (exact) mass is 381 g/mol. The highest BCUT2D eigenvalue weighted by atomic mass is 32.2. The minimum atomic E-state index is -3.52. The Morgan fingerprint density at radius 2 is 1.67 bits per heavy atom. The molecule has 0 aromatic heterocycles. The van der Waals surface area contributed by atoms with Crippen molar-refractivity contribution in [2.75, 3.05) is 10.6 Å². The van der Waals surface area contributed by atoms with Crippen molar-refractivity contribution < 1.29 is 18.3 Å². The predicted molar refractivity (Wildman–Crippen MR) is 106 cm³/mol. The molecule has 0 unspecified atom stereocenters. The second-order valence-corrected chi connectivity index (χ2v) is 8.76. The molecule has 3 aromatic carbocycles. The van der Waals surface area contributed by atoms with Crippen molar-refractivity contribution in [1.82, 2.24) is 0 Å². The molecule has 6 heteroatoms. The van der Waals surface area contributed by atoms with Crippen molar-refractivity contribution in [1.29, 1.82) is 0 Å². The van der Waals surface area contributed by atoms with Crippen molar-refractivity contribution in [2.45, 2.75) is 19.4 Å². The van der Waals surface area contributed by atoms with Gasteiger partial charge >= 0.3 is 5.97 Å². The molecule has 0 saturated carbocycles. The van der Waals surface area contributed by atoms with E-state index in [1.54, 1.807) is 12.1 Å². The number of hydrogen-bond donors (Lipinski definition) is 1. The molecule has 3 aromatic rings. The van der Waals surface area contributed by atoms with Gasteiger partial charge in [-0.1, -0.05) is 36.4 Å². The van der Waals surface area contributed by atoms with Crippen molar-refractivity contribution >= 4 is 32.5 Å². The van der Waals surface area contributed by atoms with Gasteiger partial charge in [0.1, 0.15) is 0 Å². The van der Waals surface area contributed by atoms with Crippen LogP contribution in [0.5, 0.6) is 0 Å². The zero-order valence-electron chi connectivity index (χ0n) is 14.8. The van der Waals surface area contributed by atoms with Crippen LogP contribution in [0.4, 0.5) is 5.69 Å². The zero-order chi connectivity index (χ0) is 19.2. The lowest BCUT2D eigenvalue weighted by Crippen LogP contribution is -2.29. The normalized spacial score (nSPS) is 13.1. The fourth-order valence-electron chi connectivity index (χ4n) is 3.75. The van der Waals surface area contributed by atoms with E-state index in [4.69, 9.17) is 5.11 Å². The number of carboxylic acids is 1. The first-order valence-corrected chi connectivity index (χ1v) is 10.5. The Kier molecular flexibility index (Phi) is 4.15. The van der Waals surface area contributed by atoms with Gasteiger partial charge in [-0.3, -0.25) is 4.31 Å². The first kappa shape index (κ1) is 17.5. The number of aryl methyl sites for hydroxylation is 2. The Morgan fingerprint density at radius 3 is 2.30 bits per heavy atom. The maximum Gasteiger partial charge on any atom is 0.335 e. The van der Waals surface area contributed by atoms with Crippen LogP contribution >= 0.6 is 0 Å². The summed E-state index contributed by atoms with van der Waals surface area (Å²) in [4.78, 5) is 11.0.